The zero-order valence-corrected chi connectivity index (χ0v) is 48.7. The number of aromatic nitrogens is 2. The molecule has 1 aromatic rings. The van der Waals surface area contributed by atoms with Crippen molar-refractivity contribution in [1.29, 1.82) is 0 Å². The number of allylic oxidation sites excluding steroid dienone is 1. The first-order chi connectivity index (χ1) is 36.9. The highest BCUT2D eigenvalue weighted by Gasteiger charge is 2.46. The van der Waals surface area contributed by atoms with Gasteiger partial charge in [0.2, 0.25) is 0 Å². The molecule has 20 nitrogen and oxygen atoms in total. The van der Waals surface area contributed by atoms with Crippen LogP contribution < -0.4 is 11.4 Å². The molecule has 1 aliphatic heterocycles. The molecule has 1 saturated heterocycles. The van der Waals surface area contributed by atoms with Crippen LogP contribution in [0.2, 0.25) is 0 Å². The number of rotatable bonds is 49. The number of hydrogen-bond donors (Lipinski definition) is 7. The fourth-order valence-corrected chi connectivity index (χ4v) is 11.1. The highest BCUT2D eigenvalue weighted by Crippen LogP contribution is 2.60. The van der Waals surface area contributed by atoms with Gasteiger partial charge in [-0.1, -0.05) is 193 Å². The molecule has 2 heterocycles. The number of nitrogens with zero attached hydrogens (tertiary/aromatic N) is 2. The molecular formula is C55H101N3O17P2. The van der Waals surface area contributed by atoms with Gasteiger partial charge in [-0.15, -0.1) is 0 Å². The van der Waals surface area contributed by atoms with Crippen molar-refractivity contribution >= 4 is 33.4 Å². The van der Waals surface area contributed by atoms with Crippen LogP contribution in [0.5, 0.6) is 0 Å². The molecule has 3 unspecified atom stereocenters. The lowest BCUT2D eigenvalue weighted by molar-refractivity contribution is -0.161. The molecule has 0 spiro atoms. The summed E-state index contributed by atoms with van der Waals surface area (Å²) in [6.45, 7) is 4.37. The fourth-order valence-electron chi connectivity index (χ4n) is 9.02. The van der Waals surface area contributed by atoms with Gasteiger partial charge >= 0.3 is 33.3 Å². The molecule has 0 aliphatic carbocycles. The lowest BCUT2D eigenvalue weighted by Gasteiger charge is -2.21. The van der Waals surface area contributed by atoms with Crippen molar-refractivity contribution in [3.63, 3.8) is 0 Å². The van der Waals surface area contributed by atoms with Crippen LogP contribution in [0.1, 0.15) is 239 Å². The molecular weight excluding hydrogens is 1040 g/mol. The van der Waals surface area contributed by atoms with Crippen molar-refractivity contribution in [1.82, 2.24) is 9.55 Å². The van der Waals surface area contributed by atoms with Gasteiger partial charge in [-0.2, -0.15) is 9.29 Å². The van der Waals surface area contributed by atoms with E-state index in [0.29, 0.717) is 38.5 Å². The van der Waals surface area contributed by atoms with E-state index < -0.39 is 95.9 Å². The summed E-state index contributed by atoms with van der Waals surface area (Å²) < 4.78 is 56.9. The second-order valence-electron chi connectivity index (χ2n) is 21.1. The molecule has 22 heteroatoms. The quantitative estimate of drug-likeness (QED) is 0.0138. The summed E-state index contributed by atoms with van der Waals surface area (Å²) in [5.74, 6) is -0.537. The van der Waals surface area contributed by atoms with Crippen molar-refractivity contribution in [2.75, 3.05) is 25.6 Å². The highest BCUT2D eigenvalue weighted by molar-refractivity contribution is 7.61. The molecule has 0 bridgehead atoms. The lowest BCUT2D eigenvalue weighted by atomic mass is 9.99. The first-order valence-electron chi connectivity index (χ1n) is 29.3. The van der Waals surface area contributed by atoms with Crippen LogP contribution in [-0.4, -0.2) is 108 Å². The van der Waals surface area contributed by atoms with Crippen molar-refractivity contribution in [3.8, 4) is 0 Å². The number of carbonyl (C=O) groups excluding carboxylic acids is 2. The standard InChI is InChI=1S/C55H101N3O17P2/c1-4-6-7-8-25-30-35-46(59)47(60)36-31-26-23-28-32-37-50(61)70-41-45(73-51(62)38-33-27-22-20-18-16-14-12-10-9-11-13-15-17-19-21-24-29-34-44(3)5-2)42-71-76(66,67)75-77(68,69)72-43-48-52(63)53(64)54(74-48)58-40-39-49(56)57-55(58)65/h25,30,39-40,44-48,52-54,59-60,63-64H,4-24,26-29,31-38,41-43H2,1-3H3,(H,66,67)(H,68,69)(H2,56,57,65)/b30-25-/t44?,45-,46-,47-,48-,52-,53-,54-/m1/s1. The monoisotopic (exact) mass is 1140 g/mol. The Balaban J connectivity index is 1.76. The number of phosphoric acid groups is 2. The molecule has 1 aliphatic rings. The average Bonchev–Trinajstić information content (AvgIpc) is 3.67. The Kier molecular flexibility index (Phi) is 38.7. The van der Waals surface area contributed by atoms with Gasteiger partial charge in [0, 0.05) is 19.0 Å². The minimum absolute atomic E-state index is 0.0239. The molecule has 0 saturated carbocycles. The van der Waals surface area contributed by atoms with E-state index in [2.05, 4.69) is 30.1 Å². The van der Waals surface area contributed by atoms with E-state index in [-0.39, 0.29) is 18.7 Å². The number of ether oxygens (including phenoxy) is 3. The van der Waals surface area contributed by atoms with Crippen molar-refractivity contribution < 1.29 is 76.5 Å². The van der Waals surface area contributed by atoms with E-state index in [1.165, 1.54) is 102 Å². The lowest BCUT2D eigenvalue weighted by Crippen LogP contribution is -2.36. The molecule has 0 radical (unpaired) electrons. The van der Waals surface area contributed by atoms with E-state index in [9.17, 15) is 53.7 Å². The van der Waals surface area contributed by atoms with Crippen molar-refractivity contribution in [2.45, 2.75) is 276 Å². The van der Waals surface area contributed by atoms with Gasteiger partial charge in [0.15, 0.2) is 12.3 Å². The molecule has 77 heavy (non-hydrogen) atoms. The van der Waals surface area contributed by atoms with E-state index >= 15 is 0 Å². The van der Waals surface area contributed by atoms with Gasteiger partial charge in [-0.3, -0.25) is 23.2 Å². The minimum atomic E-state index is -5.45. The Morgan fingerprint density at radius 1 is 0.701 bits per heavy atom. The molecule has 2 rings (SSSR count). The van der Waals surface area contributed by atoms with Crippen LogP contribution in [0.25, 0.3) is 0 Å². The molecule has 10 atom stereocenters. The van der Waals surface area contributed by atoms with Crippen molar-refractivity contribution in [3.05, 3.63) is 34.9 Å². The minimum Gasteiger partial charge on any atom is -0.462 e. The van der Waals surface area contributed by atoms with Crippen LogP contribution >= 0.6 is 15.6 Å². The largest absolute Gasteiger partial charge is 0.481 e. The van der Waals surface area contributed by atoms with Gasteiger partial charge in [-0.25, -0.2) is 13.9 Å². The Labute approximate surface area is 459 Å². The zero-order chi connectivity index (χ0) is 56.7. The fraction of sp³-hybridized carbons (Fsp3) is 0.855. The maximum Gasteiger partial charge on any atom is 0.481 e. The Bertz CT molecular complexity index is 1890. The summed E-state index contributed by atoms with van der Waals surface area (Å²) in [5, 5.41) is 41.5. The maximum absolute atomic E-state index is 12.9. The van der Waals surface area contributed by atoms with Gasteiger partial charge in [0.05, 0.1) is 25.4 Å². The molecule has 448 valence electrons. The molecule has 0 amide bonds. The number of nitrogens with two attached hydrogens (primary N) is 1. The van der Waals surface area contributed by atoms with Crippen LogP contribution in [0.3, 0.4) is 0 Å². The van der Waals surface area contributed by atoms with E-state index in [4.69, 9.17) is 29.0 Å². The van der Waals surface area contributed by atoms with Crippen LogP contribution in [0, 0.1) is 5.92 Å². The number of unbranched alkanes of at least 4 members (excludes halogenated alkanes) is 24. The van der Waals surface area contributed by atoms with E-state index in [1.54, 1.807) is 0 Å². The predicted molar refractivity (Wildman–Crippen MR) is 296 cm³/mol. The molecule has 8 N–H and O–H groups in total. The number of aliphatic hydroxyl groups excluding tert-OH is 4. The highest BCUT2D eigenvalue weighted by atomic mass is 31.3. The topological polar surface area (TPSA) is 306 Å². The number of nitrogen functional groups attached to an aromatic ring is 1. The van der Waals surface area contributed by atoms with Gasteiger partial charge in [0.1, 0.15) is 30.7 Å². The summed E-state index contributed by atoms with van der Waals surface area (Å²) in [7, 11) is -10.9. The van der Waals surface area contributed by atoms with Crippen LogP contribution in [0.4, 0.5) is 5.82 Å². The second-order valence-corrected chi connectivity index (χ2v) is 24.1. The first kappa shape index (κ1) is 70.5. The maximum atomic E-state index is 12.9. The average molecular weight is 1140 g/mol. The third-order valence-corrected chi connectivity index (χ3v) is 16.7. The smallest absolute Gasteiger partial charge is 0.462 e. The Morgan fingerprint density at radius 3 is 1.77 bits per heavy atom. The van der Waals surface area contributed by atoms with E-state index in [1.807, 2.05) is 12.2 Å². The van der Waals surface area contributed by atoms with Gasteiger partial charge < -0.3 is 50.2 Å². The Hall–Kier alpha value is -2.58. The molecule has 1 aromatic heterocycles. The zero-order valence-electron chi connectivity index (χ0n) is 46.9. The number of phosphoric ester groups is 2. The predicted octanol–water partition coefficient (Wildman–Crippen LogP) is 11.0. The molecule has 0 aromatic carbocycles. The summed E-state index contributed by atoms with van der Waals surface area (Å²) >= 11 is 0. The number of carbonyl (C=O) groups is 2. The van der Waals surface area contributed by atoms with Gasteiger partial charge in [0.25, 0.3) is 0 Å². The Morgan fingerprint density at radius 2 is 1.22 bits per heavy atom. The van der Waals surface area contributed by atoms with Gasteiger partial charge in [-0.05, 0) is 50.5 Å². The normalized spacial score (nSPS) is 19.9. The number of esters is 2. The van der Waals surface area contributed by atoms with Crippen LogP contribution in [-0.2, 0) is 46.3 Å². The summed E-state index contributed by atoms with van der Waals surface area (Å²) in [6, 6.07) is 1.24. The summed E-state index contributed by atoms with van der Waals surface area (Å²) in [4.78, 5) is 62.2. The number of anilines is 1. The number of aliphatic hydroxyl groups is 4. The van der Waals surface area contributed by atoms with E-state index in [0.717, 1.165) is 80.9 Å². The number of hydrogen-bond acceptors (Lipinski definition) is 17. The van der Waals surface area contributed by atoms with Crippen LogP contribution in [0.15, 0.2) is 29.2 Å². The molecule has 1 fully saturated rings. The third kappa shape index (κ3) is 34.3. The first-order valence-corrected chi connectivity index (χ1v) is 32.3. The summed E-state index contributed by atoms with van der Waals surface area (Å²) in [6.07, 6.45) is 28.6. The SMILES string of the molecule is CCCCC/C=C\C[C@@H](O)[C@H](O)CCCCCCCC(=O)OC[C@H](COP(=O)(O)OP(=O)(O)OC[C@H]1O[C@@H](n2ccc(N)nc2=O)[C@H](O)[C@@H]1O)OC(=O)CCCCCCCCCCCCCCCCCCCCC(C)CC. The summed E-state index contributed by atoms with van der Waals surface area (Å²) in [5.41, 5.74) is 4.59. The third-order valence-electron chi connectivity index (χ3n) is 14.1. The van der Waals surface area contributed by atoms with Crippen molar-refractivity contribution in [2.24, 2.45) is 5.92 Å². The second kappa shape index (κ2) is 42.3.